The van der Waals surface area contributed by atoms with Crippen LogP contribution in [0.15, 0.2) is 12.1 Å². The highest BCUT2D eigenvalue weighted by Gasteiger charge is 2.22. The molecule has 0 bridgehead atoms. The summed E-state index contributed by atoms with van der Waals surface area (Å²) in [5.41, 5.74) is 2.59. The SMILES string of the molecule is CC.Cc1cc(C)c(NC(=O)C(C)(C)C)c(C=O)c1. The van der Waals surface area contributed by atoms with Crippen LogP contribution in [0.4, 0.5) is 5.69 Å². The van der Waals surface area contributed by atoms with Gasteiger partial charge in [-0.15, -0.1) is 0 Å². The zero-order valence-corrected chi connectivity index (χ0v) is 13.0. The van der Waals surface area contributed by atoms with E-state index in [0.717, 1.165) is 17.4 Å². The molecule has 0 aliphatic carbocycles. The number of aryl methyl sites for hydroxylation is 2. The number of rotatable bonds is 2. The quantitative estimate of drug-likeness (QED) is 0.815. The number of amides is 1. The monoisotopic (exact) mass is 263 g/mol. The Bertz CT molecular complexity index is 457. The van der Waals surface area contributed by atoms with Crippen LogP contribution in [0.1, 0.15) is 56.1 Å². The number of benzene rings is 1. The number of carbonyl (C=O) groups excluding carboxylic acids is 2. The fourth-order valence-electron chi connectivity index (χ4n) is 1.57. The van der Waals surface area contributed by atoms with Crippen LogP contribution < -0.4 is 5.32 Å². The van der Waals surface area contributed by atoms with Crippen molar-refractivity contribution in [2.75, 3.05) is 5.32 Å². The van der Waals surface area contributed by atoms with Crippen molar-refractivity contribution in [1.82, 2.24) is 0 Å². The van der Waals surface area contributed by atoms with Crippen LogP contribution >= 0.6 is 0 Å². The third kappa shape index (κ3) is 4.86. The molecule has 0 aromatic heterocycles. The minimum Gasteiger partial charge on any atom is -0.325 e. The third-order valence-corrected chi connectivity index (χ3v) is 2.56. The summed E-state index contributed by atoms with van der Waals surface area (Å²) >= 11 is 0. The molecule has 19 heavy (non-hydrogen) atoms. The summed E-state index contributed by atoms with van der Waals surface area (Å²) in [5.74, 6) is -0.0902. The lowest BCUT2D eigenvalue weighted by Crippen LogP contribution is -2.28. The molecular weight excluding hydrogens is 238 g/mol. The van der Waals surface area contributed by atoms with Crippen LogP contribution in [-0.4, -0.2) is 12.2 Å². The minimum absolute atomic E-state index is 0.0902. The lowest BCUT2D eigenvalue weighted by Gasteiger charge is -2.20. The number of hydrogen-bond donors (Lipinski definition) is 1. The van der Waals surface area contributed by atoms with E-state index in [2.05, 4.69) is 5.32 Å². The van der Waals surface area contributed by atoms with Crippen molar-refractivity contribution in [3.63, 3.8) is 0 Å². The van der Waals surface area contributed by atoms with E-state index in [9.17, 15) is 9.59 Å². The van der Waals surface area contributed by atoms with E-state index in [0.29, 0.717) is 11.3 Å². The average molecular weight is 263 g/mol. The number of hydrogen-bond acceptors (Lipinski definition) is 2. The molecule has 0 aliphatic rings. The first kappa shape index (κ1) is 17.4. The molecule has 1 rings (SSSR count). The van der Waals surface area contributed by atoms with E-state index in [1.54, 1.807) is 6.07 Å². The number of anilines is 1. The molecule has 1 aromatic carbocycles. The smallest absolute Gasteiger partial charge is 0.229 e. The summed E-state index contributed by atoms with van der Waals surface area (Å²) in [7, 11) is 0. The maximum atomic E-state index is 11.9. The van der Waals surface area contributed by atoms with Gasteiger partial charge in [-0.25, -0.2) is 0 Å². The molecule has 0 saturated heterocycles. The van der Waals surface area contributed by atoms with Crippen LogP contribution in [0.3, 0.4) is 0 Å². The molecule has 0 fully saturated rings. The fourth-order valence-corrected chi connectivity index (χ4v) is 1.57. The van der Waals surface area contributed by atoms with Crippen molar-refractivity contribution in [3.05, 3.63) is 28.8 Å². The van der Waals surface area contributed by atoms with Crippen molar-refractivity contribution in [1.29, 1.82) is 0 Å². The summed E-state index contributed by atoms with van der Waals surface area (Å²) in [5, 5.41) is 2.83. The Labute approximate surface area is 116 Å². The Hall–Kier alpha value is -1.64. The van der Waals surface area contributed by atoms with Crippen LogP contribution in [-0.2, 0) is 4.79 Å². The predicted octanol–water partition coefficient (Wildman–Crippen LogP) is 4.13. The highest BCUT2D eigenvalue weighted by molar-refractivity contribution is 5.99. The first-order chi connectivity index (χ1) is 8.75. The van der Waals surface area contributed by atoms with Crippen LogP contribution in [0.5, 0.6) is 0 Å². The average Bonchev–Trinajstić information content (AvgIpc) is 2.33. The lowest BCUT2D eigenvalue weighted by molar-refractivity contribution is -0.123. The Morgan fingerprint density at radius 1 is 1.16 bits per heavy atom. The second kappa shape index (κ2) is 7.07. The molecule has 0 spiro atoms. The van der Waals surface area contributed by atoms with Gasteiger partial charge in [0.1, 0.15) is 0 Å². The molecule has 1 N–H and O–H groups in total. The topological polar surface area (TPSA) is 46.2 Å². The van der Waals surface area contributed by atoms with E-state index < -0.39 is 5.41 Å². The van der Waals surface area contributed by atoms with Gasteiger partial charge in [-0.1, -0.05) is 46.2 Å². The standard InChI is InChI=1S/C14H19NO2.C2H6/c1-9-6-10(2)12(11(7-9)8-16)15-13(17)14(3,4)5;1-2/h6-8H,1-5H3,(H,15,17);1-2H3. The normalized spacial score (nSPS) is 10.3. The number of nitrogens with one attached hydrogen (secondary N) is 1. The summed E-state index contributed by atoms with van der Waals surface area (Å²) in [6.07, 6.45) is 0.776. The zero-order valence-electron chi connectivity index (χ0n) is 13.0. The third-order valence-electron chi connectivity index (χ3n) is 2.56. The molecule has 1 aromatic rings. The second-order valence-corrected chi connectivity index (χ2v) is 5.37. The van der Waals surface area contributed by atoms with Gasteiger partial charge in [-0.3, -0.25) is 9.59 Å². The van der Waals surface area contributed by atoms with Crippen molar-refractivity contribution in [3.8, 4) is 0 Å². The summed E-state index contributed by atoms with van der Waals surface area (Å²) in [6.45, 7) is 13.3. The van der Waals surface area contributed by atoms with Gasteiger partial charge in [0.2, 0.25) is 5.91 Å². The van der Waals surface area contributed by atoms with Gasteiger partial charge in [0.15, 0.2) is 6.29 Å². The molecule has 0 heterocycles. The molecule has 1 amide bonds. The van der Waals surface area contributed by atoms with Crippen molar-refractivity contribution >= 4 is 17.9 Å². The Kier molecular flexibility index (Phi) is 6.46. The van der Waals surface area contributed by atoms with Gasteiger partial charge in [0, 0.05) is 11.0 Å². The largest absolute Gasteiger partial charge is 0.325 e. The van der Waals surface area contributed by atoms with Crippen LogP contribution in [0, 0.1) is 19.3 Å². The van der Waals surface area contributed by atoms with Crippen molar-refractivity contribution < 1.29 is 9.59 Å². The van der Waals surface area contributed by atoms with Gasteiger partial charge in [0.05, 0.1) is 5.69 Å². The van der Waals surface area contributed by atoms with Crippen molar-refractivity contribution in [2.24, 2.45) is 5.41 Å². The molecule has 0 aliphatic heterocycles. The highest BCUT2D eigenvalue weighted by atomic mass is 16.2. The maximum Gasteiger partial charge on any atom is 0.229 e. The van der Waals surface area contributed by atoms with E-state index in [1.807, 2.05) is 54.5 Å². The number of carbonyl (C=O) groups is 2. The van der Waals surface area contributed by atoms with Gasteiger partial charge >= 0.3 is 0 Å². The van der Waals surface area contributed by atoms with E-state index in [-0.39, 0.29) is 5.91 Å². The molecule has 0 saturated carbocycles. The van der Waals surface area contributed by atoms with Gasteiger partial charge in [-0.2, -0.15) is 0 Å². The Balaban J connectivity index is 0.00000154. The maximum absolute atomic E-state index is 11.9. The van der Waals surface area contributed by atoms with E-state index in [1.165, 1.54) is 0 Å². The lowest BCUT2D eigenvalue weighted by atomic mass is 9.95. The molecule has 0 unspecified atom stereocenters. The first-order valence-corrected chi connectivity index (χ1v) is 6.63. The minimum atomic E-state index is -0.475. The van der Waals surface area contributed by atoms with Gasteiger partial charge in [-0.05, 0) is 25.5 Å². The second-order valence-electron chi connectivity index (χ2n) is 5.37. The predicted molar refractivity (Wildman–Crippen MR) is 80.7 cm³/mol. The summed E-state index contributed by atoms with van der Waals surface area (Å²) in [4.78, 5) is 22.9. The fraction of sp³-hybridized carbons (Fsp3) is 0.500. The number of aldehydes is 1. The summed E-state index contributed by atoms with van der Waals surface area (Å²) < 4.78 is 0. The van der Waals surface area contributed by atoms with Crippen LogP contribution in [0.25, 0.3) is 0 Å². The van der Waals surface area contributed by atoms with Crippen molar-refractivity contribution in [2.45, 2.75) is 48.5 Å². The van der Waals surface area contributed by atoms with E-state index in [4.69, 9.17) is 0 Å². The Morgan fingerprint density at radius 3 is 2.11 bits per heavy atom. The molecule has 0 radical (unpaired) electrons. The van der Waals surface area contributed by atoms with Gasteiger partial charge in [0.25, 0.3) is 0 Å². The molecular formula is C16H25NO2. The molecule has 0 atom stereocenters. The molecule has 3 nitrogen and oxygen atoms in total. The summed E-state index contributed by atoms with van der Waals surface area (Å²) in [6, 6.07) is 3.73. The Morgan fingerprint density at radius 2 is 1.68 bits per heavy atom. The molecule has 106 valence electrons. The first-order valence-electron chi connectivity index (χ1n) is 6.63. The zero-order chi connectivity index (χ0) is 15.2. The molecule has 3 heteroatoms. The van der Waals surface area contributed by atoms with Gasteiger partial charge < -0.3 is 5.32 Å². The highest BCUT2D eigenvalue weighted by Crippen LogP contribution is 2.24. The van der Waals surface area contributed by atoms with E-state index >= 15 is 0 Å². The van der Waals surface area contributed by atoms with Crippen LogP contribution in [0.2, 0.25) is 0 Å².